The van der Waals surface area contributed by atoms with Crippen LogP contribution in [0.1, 0.15) is 10.5 Å². The monoisotopic (exact) mass is 370 g/mol. The molecule has 4 N–H and O–H groups in total. The fourth-order valence-electron chi connectivity index (χ4n) is 2.91. The summed E-state index contributed by atoms with van der Waals surface area (Å²) in [5.74, 6) is -0.248. The van der Waals surface area contributed by atoms with Gasteiger partial charge in [-0.1, -0.05) is 48.5 Å². The highest BCUT2D eigenvalue weighted by molar-refractivity contribution is 6.09. The van der Waals surface area contributed by atoms with Gasteiger partial charge in [-0.3, -0.25) is 4.79 Å². The van der Waals surface area contributed by atoms with Crippen molar-refractivity contribution in [3.8, 4) is 0 Å². The van der Waals surface area contributed by atoms with Gasteiger partial charge in [0.15, 0.2) is 0 Å². The van der Waals surface area contributed by atoms with Crippen molar-refractivity contribution in [2.75, 3.05) is 16.0 Å². The van der Waals surface area contributed by atoms with Crippen LogP contribution in [0.4, 0.5) is 21.9 Å². The molecular weight excluding hydrogens is 352 g/mol. The predicted octanol–water partition coefficient (Wildman–Crippen LogP) is 5.06. The van der Waals surface area contributed by atoms with Gasteiger partial charge in [0.05, 0.1) is 11.2 Å². The largest absolute Gasteiger partial charge is 0.349 e. The summed E-state index contributed by atoms with van der Waals surface area (Å²) in [5, 5.41) is 9.27. The molecule has 1 heterocycles. The Labute approximate surface area is 161 Å². The Morgan fingerprint density at radius 1 is 0.679 bits per heavy atom. The Bertz CT molecular complexity index is 1120. The van der Waals surface area contributed by atoms with Gasteiger partial charge in [0.1, 0.15) is 5.69 Å². The van der Waals surface area contributed by atoms with Gasteiger partial charge in [0, 0.05) is 16.8 Å². The first-order valence-electron chi connectivity index (χ1n) is 8.80. The maximum Gasteiger partial charge on any atom is 0.323 e. The molecule has 0 saturated heterocycles. The molecule has 3 aromatic carbocycles. The lowest BCUT2D eigenvalue weighted by atomic mass is 10.2. The number of para-hydroxylation sites is 3. The second kappa shape index (κ2) is 7.67. The van der Waals surface area contributed by atoms with Crippen LogP contribution >= 0.6 is 0 Å². The third-order valence-corrected chi connectivity index (χ3v) is 4.21. The van der Waals surface area contributed by atoms with E-state index in [-0.39, 0.29) is 11.9 Å². The van der Waals surface area contributed by atoms with Gasteiger partial charge in [-0.15, -0.1) is 0 Å². The van der Waals surface area contributed by atoms with E-state index in [0.29, 0.717) is 28.3 Å². The van der Waals surface area contributed by atoms with Crippen LogP contribution in [0.3, 0.4) is 0 Å². The van der Waals surface area contributed by atoms with Gasteiger partial charge in [0.25, 0.3) is 5.91 Å². The third-order valence-electron chi connectivity index (χ3n) is 4.21. The van der Waals surface area contributed by atoms with Crippen molar-refractivity contribution in [3.63, 3.8) is 0 Å². The lowest BCUT2D eigenvalue weighted by Gasteiger charge is -2.08. The summed E-state index contributed by atoms with van der Waals surface area (Å²) in [6.07, 6.45) is 0. The normalized spacial score (nSPS) is 10.4. The molecule has 0 bridgehead atoms. The molecule has 28 heavy (non-hydrogen) atoms. The first kappa shape index (κ1) is 17.4. The summed E-state index contributed by atoms with van der Waals surface area (Å²) in [5.41, 5.74) is 3.10. The maximum atomic E-state index is 12.5. The van der Waals surface area contributed by atoms with Gasteiger partial charge in [-0.25, -0.2) is 4.79 Å². The minimum absolute atomic E-state index is 0.248. The van der Waals surface area contributed by atoms with Crippen LogP contribution in [0.5, 0.6) is 0 Å². The van der Waals surface area contributed by atoms with Crippen molar-refractivity contribution in [1.29, 1.82) is 0 Å². The van der Waals surface area contributed by atoms with E-state index in [2.05, 4.69) is 20.9 Å². The highest BCUT2D eigenvalue weighted by Gasteiger charge is 2.13. The number of rotatable bonds is 4. The van der Waals surface area contributed by atoms with Gasteiger partial charge in [-0.2, -0.15) is 0 Å². The number of fused-ring (bicyclic) bond motifs is 1. The SMILES string of the molecule is O=C(Nc1ccccc1)Nc1cccc2cc(C(=O)Nc3ccccc3)[nH]c12. The Morgan fingerprint density at radius 3 is 2.00 bits per heavy atom. The van der Waals surface area contributed by atoms with E-state index in [1.54, 1.807) is 24.3 Å². The molecule has 0 atom stereocenters. The maximum absolute atomic E-state index is 12.5. The van der Waals surface area contributed by atoms with Crippen molar-refractivity contribution < 1.29 is 9.59 Å². The van der Waals surface area contributed by atoms with Crippen LogP contribution in [0.2, 0.25) is 0 Å². The van der Waals surface area contributed by atoms with Gasteiger partial charge in [-0.05, 0) is 36.4 Å². The topological polar surface area (TPSA) is 86.0 Å². The molecule has 6 heteroatoms. The highest BCUT2D eigenvalue weighted by Crippen LogP contribution is 2.24. The zero-order chi connectivity index (χ0) is 19.3. The molecule has 0 aliphatic carbocycles. The number of anilines is 3. The van der Waals surface area contributed by atoms with E-state index in [1.807, 2.05) is 60.7 Å². The number of aromatic nitrogens is 1. The first-order valence-corrected chi connectivity index (χ1v) is 8.80. The number of H-pyrrole nitrogens is 1. The molecule has 4 rings (SSSR count). The molecule has 0 spiro atoms. The molecule has 3 amide bonds. The number of hydrogen-bond acceptors (Lipinski definition) is 2. The number of carbonyl (C=O) groups excluding carboxylic acids is 2. The second-order valence-electron chi connectivity index (χ2n) is 6.22. The summed E-state index contributed by atoms with van der Waals surface area (Å²) < 4.78 is 0. The first-order chi connectivity index (χ1) is 13.7. The minimum Gasteiger partial charge on any atom is -0.349 e. The molecule has 1 aromatic heterocycles. The highest BCUT2D eigenvalue weighted by atomic mass is 16.2. The molecule has 0 saturated carbocycles. The van der Waals surface area contributed by atoms with E-state index in [0.717, 1.165) is 5.39 Å². The predicted molar refractivity (Wildman–Crippen MR) is 112 cm³/mol. The van der Waals surface area contributed by atoms with E-state index >= 15 is 0 Å². The minimum atomic E-state index is -0.358. The van der Waals surface area contributed by atoms with Crippen LogP contribution in [-0.4, -0.2) is 16.9 Å². The molecule has 0 radical (unpaired) electrons. The Kier molecular flexibility index (Phi) is 4.76. The van der Waals surface area contributed by atoms with E-state index in [9.17, 15) is 9.59 Å². The number of amides is 3. The van der Waals surface area contributed by atoms with Gasteiger partial charge >= 0.3 is 6.03 Å². The molecule has 6 nitrogen and oxygen atoms in total. The van der Waals surface area contributed by atoms with Crippen LogP contribution < -0.4 is 16.0 Å². The number of nitrogens with one attached hydrogen (secondary N) is 4. The van der Waals surface area contributed by atoms with E-state index in [1.165, 1.54) is 0 Å². The molecule has 0 unspecified atom stereocenters. The fourth-order valence-corrected chi connectivity index (χ4v) is 2.91. The van der Waals surface area contributed by atoms with Gasteiger partial charge in [0.2, 0.25) is 0 Å². The third kappa shape index (κ3) is 3.86. The summed E-state index contributed by atoms with van der Waals surface area (Å²) in [7, 11) is 0. The molecule has 4 aromatic rings. The lowest BCUT2D eigenvalue weighted by molar-refractivity contribution is 0.102. The standard InChI is InChI=1S/C22H18N4O2/c27-21(23-16-9-3-1-4-10-16)19-14-15-8-7-13-18(20(15)25-19)26-22(28)24-17-11-5-2-6-12-17/h1-14,25H,(H,23,27)(H2,24,26,28). The van der Waals surface area contributed by atoms with Crippen molar-refractivity contribution in [1.82, 2.24) is 4.98 Å². The smallest absolute Gasteiger partial charge is 0.323 e. The number of benzene rings is 3. The van der Waals surface area contributed by atoms with Crippen LogP contribution in [0.15, 0.2) is 84.9 Å². The van der Waals surface area contributed by atoms with Crippen molar-refractivity contribution in [3.05, 3.63) is 90.6 Å². The quantitative estimate of drug-likeness (QED) is 0.404. The average molecular weight is 370 g/mol. The fraction of sp³-hybridized carbons (Fsp3) is 0. The molecule has 0 aliphatic rings. The van der Waals surface area contributed by atoms with E-state index < -0.39 is 0 Å². The Morgan fingerprint density at radius 2 is 1.32 bits per heavy atom. The Balaban J connectivity index is 1.53. The van der Waals surface area contributed by atoms with E-state index in [4.69, 9.17) is 0 Å². The molecule has 0 aliphatic heterocycles. The molecule has 0 fully saturated rings. The Hall–Kier alpha value is -4.06. The van der Waals surface area contributed by atoms with Crippen molar-refractivity contribution in [2.24, 2.45) is 0 Å². The van der Waals surface area contributed by atoms with Crippen LogP contribution in [0, 0.1) is 0 Å². The summed E-state index contributed by atoms with van der Waals surface area (Å²) in [6, 6.07) is 25.3. The molecule has 138 valence electrons. The van der Waals surface area contributed by atoms with Gasteiger partial charge < -0.3 is 20.9 Å². The number of carbonyl (C=O) groups is 2. The summed E-state index contributed by atoms with van der Waals surface area (Å²) in [4.78, 5) is 27.9. The van der Waals surface area contributed by atoms with Crippen molar-refractivity contribution >= 4 is 39.9 Å². The summed E-state index contributed by atoms with van der Waals surface area (Å²) >= 11 is 0. The van der Waals surface area contributed by atoms with Crippen LogP contribution in [0.25, 0.3) is 10.9 Å². The summed E-state index contributed by atoms with van der Waals surface area (Å²) in [6.45, 7) is 0. The number of hydrogen-bond donors (Lipinski definition) is 4. The zero-order valence-electron chi connectivity index (χ0n) is 14.9. The second-order valence-corrected chi connectivity index (χ2v) is 6.22. The number of urea groups is 1. The number of aromatic amines is 1. The molecular formula is C22H18N4O2. The average Bonchev–Trinajstić information content (AvgIpc) is 3.15. The lowest BCUT2D eigenvalue weighted by Crippen LogP contribution is -2.19. The van der Waals surface area contributed by atoms with Crippen molar-refractivity contribution in [2.45, 2.75) is 0 Å². The van der Waals surface area contributed by atoms with Crippen LogP contribution in [-0.2, 0) is 0 Å². The zero-order valence-corrected chi connectivity index (χ0v) is 14.9.